The number of hydrogen-bond acceptors (Lipinski definition) is 4. The number of pyridine rings is 1. The summed E-state index contributed by atoms with van der Waals surface area (Å²) < 4.78 is 0. The largest absolute Gasteiger partial charge is 0.369 e. The van der Waals surface area contributed by atoms with E-state index in [0.29, 0.717) is 16.8 Å². The molecule has 0 aliphatic carbocycles. The SMILES string of the molecule is CC(N)C(C(N)=O)c1ccc(C(=O)Nc2ccncc2)cc1. The first kappa shape index (κ1) is 15.7. The van der Waals surface area contributed by atoms with Crippen LogP contribution in [-0.4, -0.2) is 22.8 Å². The van der Waals surface area contributed by atoms with Gasteiger partial charge in [0.2, 0.25) is 5.91 Å². The third-order valence-corrected chi connectivity index (χ3v) is 3.30. The highest BCUT2D eigenvalue weighted by Gasteiger charge is 2.22. The maximum Gasteiger partial charge on any atom is 0.255 e. The first-order valence-corrected chi connectivity index (χ1v) is 6.85. The van der Waals surface area contributed by atoms with Crippen molar-refractivity contribution in [1.82, 2.24) is 4.98 Å². The molecule has 0 saturated heterocycles. The fourth-order valence-corrected chi connectivity index (χ4v) is 2.21. The molecule has 0 fully saturated rings. The number of amides is 2. The van der Waals surface area contributed by atoms with E-state index in [0.717, 1.165) is 0 Å². The van der Waals surface area contributed by atoms with E-state index in [1.165, 1.54) is 0 Å². The minimum atomic E-state index is -0.572. The van der Waals surface area contributed by atoms with Crippen LogP contribution in [0.1, 0.15) is 28.8 Å². The Kier molecular flexibility index (Phi) is 4.85. The van der Waals surface area contributed by atoms with Crippen LogP contribution < -0.4 is 16.8 Å². The standard InChI is InChI=1S/C16H18N4O2/c1-10(17)14(15(18)21)11-2-4-12(5-3-11)16(22)20-13-6-8-19-9-7-13/h2-10,14H,17H2,1H3,(H2,18,21)(H,19,20,22). The van der Waals surface area contributed by atoms with E-state index in [1.54, 1.807) is 55.7 Å². The van der Waals surface area contributed by atoms with Gasteiger partial charge < -0.3 is 16.8 Å². The Bertz CT molecular complexity index is 654. The second-order valence-electron chi connectivity index (χ2n) is 5.05. The minimum Gasteiger partial charge on any atom is -0.369 e. The number of hydrogen-bond donors (Lipinski definition) is 3. The van der Waals surface area contributed by atoms with Gasteiger partial charge in [-0.1, -0.05) is 12.1 Å². The van der Waals surface area contributed by atoms with Crippen LogP contribution in [0.5, 0.6) is 0 Å². The third kappa shape index (κ3) is 3.67. The van der Waals surface area contributed by atoms with Gasteiger partial charge in [-0.15, -0.1) is 0 Å². The van der Waals surface area contributed by atoms with Crippen LogP contribution in [0, 0.1) is 0 Å². The molecule has 2 rings (SSSR count). The van der Waals surface area contributed by atoms with Gasteiger partial charge in [-0.2, -0.15) is 0 Å². The molecule has 2 amide bonds. The number of aromatic nitrogens is 1. The van der Waals surface area contributed by atoms with Gasteiger partial charge in [0.25, 0.3) is 5.91 Å². The van der Waals surface area contributed by atoms with Gasteiger partial charge in [0, 0.05) is 29.7 Å². The molecule has 0 radical (unpaired) electrons. The molecule has 1 aromatic heterocycles. The quantitative estimate of drug-likeness (QED) is 0.771. The molecule has 5 N–H and O–H groups in total. The number of benzene rings is 1. The van der Waals surface area contributed by atoms with Crippen LogP contribution in [0.25, 0.3) is 0 Å². The highest BCUT2D eigenvalue weighted by molar-refractivity contribution is 6.04. The van der Waals surface area contributed by atoms with Crippen LogP contribution in [0.2, 0.25) is 0 Å². The minimum absolute atomic E-state index is 0.242. The maximum absolute atomic E-state index is 12.1. The summed E-state index contributed by atoms with van der Waals surface area (Å²) in [7, 11) is 0. The molecule has 0 bridgehead atoms. The van der Waals surface area contributed by atoms with Crippen LogP contribution in [0.4, 0.5) is 5.69 Å². The average Bonchev–Trinajstić information content (AvgIpc) is 2.48. The second-order valence-corrected chi connectivity index (χ2v) is 5.05. The molecule has 0 aliphatic rings. The van der Waals surface area contributed by atoms with Crippen molar-refractivity contribution >= 4 is 17.5 Å². The van der Waals surface area contributed by atoms with Gasteiger partial charge in [-0.05, 0) is 36.8 Å². The first-order chi connectivity index (χ1) is 10.5. The summed E-state index contributed by atoms with van der Waals surface area (Å²) in [5, 5.41) is 2.76. The smallest absolute Gasteiger partial charge is 0.255 e. The summed E-state index contributed by atoms with van der Waals surface area (Å²) in [5.74, 6) is -1.30. The fraction of sp³-hybridized carbons (Fsp3) is 0.188. The van der Waals surface area contributed by atoms with Gasteiger partial charge in [0.05, 0.1) is 5.92 Å². The van der Waals surface area contributed by atoms with E-state index < -0.39 is 17.9 Å². The van der Waals surface area contributed by atoms with Crippen LogP contribution in [-0.2, 0) is 4.79 Å². The highest BCUT2D eigenvalue weighted by Crippen LogP contribution is 2.19. The van der Waals surface area contributed by atoms with Crippen LogP contribution in [0.15, 0.2) is 48.8 Å². The zero-order chi connectivity index (χ0) is 16.1. The van der Waals surface area contributed by atoms with E-state index in [4.69, 9.17) is 11.5 Å². The lowest BCUT2D eigenvalue weighted by Crippen LogP contribution is -2.35. The number of nitrogens with zero attached hydrogens (tertiary/aromatic N) is 1. The summed E-state index contributed by atoms with van der Waals surface area (Å²) >= 11 is 0. The maximum atomic E-state index is 12.1. The molecule has 0 aliphatic heterocycles. The summed E-state index contributed by atoms with van der Waals surface area (Å²) in [6, 6.07) is 9.68. The molecule has 22 heavy (non-hydrogen) atoms. The Morgan fingerprint density at radius 2 is 1.68 bits per heavy atom. The lowest BCUT2D eigenvalue weighted by molar-refractivity contribution is -0.119. The van der Waals surface area contributed by atoms with Crippen molar-refractivity contribution < 1.29 is 9.59 Å². The van der Waals surface area contributed by atoms with Crippen molar-refractivity contribution in [2.75, 3.05) is 5.32 Å². The number of primary amides is 1. The molecule has 114 valence electrons. The number of carbonyl (C=O) groups is 2. The molecule has 6 nitrogen and oxygen atoms in total. The highest BCUT2D eigenvalue weighted by atomic mass is 16.2. The van der Waals surface area contributed by atoms with E-state index in [-0.39, 0.29) is 5.91 Å². The van der Waals surface area contributed by atoms with Crippen molar-refractivity contribution in [3.8, 4) is 0 Å². The van der Waals surface area contributed by atoms with Crippen molar-refractivity contribution in [3.05, 3.63) is 59.9 Å². The van der Waals surface area contributed by atoms with Gasteiger partial charge in [-0.25, -0.2) is 0 Å². The molecule has 2 aromatic rings. The molecule has 1 aromatic carbocycles. The normalized spacial score (nSPS) is 13.2. The summed E-state index contributed by atoms with van der Waals surface area (Å²) in [6.07, 6.45) is 3.19. The second kappa shape index (κ2) is 6.82. The Labute approximate surface area is 128 Å². The summed E-state index contributed by atoms with van der Waals surface area (Å²) in [6.45, 7) is 1.72. The monoisotopic (exact) mass is 298 g/mol. The van der Waals surface area contributed by atoms with Gasteiger partial charge in [0.1, 0.15) is 0 Å². The Hall–Kier alpha value is -2.73. The average molecular weight is 298 g/mol. The number of nitrogens with two attached hydrogens (primary N) is 2. The number of carbonyl (C=O) groups excluding carboxylic acids is 2. The number of nitrogens with one attached hydrogen (secondary N) is 1. The van der Waals surface area contributed by atoms with Gasteiger partial charge in [-0.3, -0.25) is 14.6 Å². The molecule has 0 spiro atoms. The van der Waals surface area contributed by atoms with Gasteiger partial charge in [0.15, 0.2) is 0 Å². The predicted octanol–water partition coefficient (Wildman–Crippen LogP) is 1.25. The van der Waals surface area contributed by atoms with E-state index in [9.17, 15) is 9.59 Å². The summed E-state index contributed by atoms with van der Waals surface area (Å²) in [5.41, 5.74) is 13.0. The van der Waals surface area contributed by atoms with Gasteiger partial charge >= 0.3 is 0 Å². The molecular weight excluding hydrogens is 280 g/mol. The van der Waals surface area contributed by atoms with Crippen molar-refractivity contribution in [2.24, 2.45) is 11.5 Å². The van der Waals surface area contributed by atoms with E-state index in [1.807, 2.05) is 0 Å². The first-order valence-electron chi connectivity index (χ1n) is 6.85. The predicted molar refractivity (Wildman–Crippen MR) is 84.2 cm³/mol. The van der Waals surface area contributed by atoms with Crippen LogP contribution >= 0.6 is 0 Å². The molecule has 6 heteroatoms. The fourth-order valence-electron chi connectivity index (χ4n) is 2.21. The number of anilines is 1. The van der Waals surface area contributed by atoms with Crippen molar-refractivity contribution in [1.29, 1.82) is 0 Å². The topological polar surface area (TPSA) is 111 Å². The Morgan fingerprint density at radius 3 is 2.18 bits per heavy atom. The summed E-state index contributed by atoms with van der Waals surface area (Å²) in [4.78, 5) is 27.5. The van der Waals surface area contributed by atoms with E-state index in [2.05, 4.69) is 10.3 Å². The zero-order valence-corrected chi connectivity index (χ0v) is 12.2. The lowest BCUT2D eigenvalue weighted by Gasteiger charge is -2.17. The Balaban J connectivity index is 2.14. The van der Waals surface area contributed by atoms with Crippen molar-refractivity contribution in [2.45, 2.75) is 18.9 Å². The van der Waals surface area contributed by atoms with Crippen molar-refractivity contribution in [3.63, 3.8) is 0 Å². The van der Waals surface area contributed by atoms with E-state index >= 15 is 0 Å². The lowest BCUT2D eigenvalue weighted by atomic mass is 9.91. The zero-order valence-electron chi connectivity index (χ0n) is 12.2. The Morgan fingerprint density at radius 1 is 1.09 bits per heavy atom. The number of rotatable bonds is 5. The third-order valence-electron chi connectivity index (χ3n) is 3.30. The molecular formula is C16H18N4O2. The molecule has 0 saturated carbocycles. The molecule has 1 heterocycles. The molecule has 2 atom stereocenters. The molecule has 2 unspecified atom stereocenters. The van der Waals surface area contributed by atoms with Crippen LogP contribution in [0.3, 0.4) is 0 Å².